The van der Waals surface area contributed by atoms with Crippen LogP contribution in [0.1, 0.15) is 39.0 Å². The molecule has 0 spiro atoms. The second-order valence-electron chi connectivity index (χ2n) is 4.50. The van der Waals surface area contributed by atoms with Crippen LogP contribution in [0, 0.1) is 11.8 Å². The minimum atomic E-state index is -0.658. The number of allylic oxidation sites excluding steroid dienone is 1. The van der Waals surface area contributed by atoms with Gasteiger partial charge in [0.25, 0.3) is 0 Å². The molecular formula is C13H20O4. The molecule has 96 valence electrons. The number of carbonyl (C=O) groups excluding carboxylic acids is 2. The van der Waals surface area contributed by atoms with Crippen LogP contribution in [-0.2, 0) is 14.3 Å². The number of methoxy groups -OCH3 is 1. The molecule has 0 saturated heterocycles. The number of hydrogen-bond acceptors (Lipinski definition) is 4. The third-order valence-electron chi connectivity index (χ3n) is 3.20. The van der Waals surface area contributed by atoms with E-state index in [-0.39, 0.29) is 17.5 Å². The average molecular weight is 240 g/mol. The molecular weight excluding hydrogens is 220 g/mol. The molecule has 0 radical (unpaired) electrons. The minimum Gasteiger partial charge on any atom is -0.511 e. The Morgan fingerprint density at radius 1 is 1.53 bits per heavy atom. The molecule has 0 amide bonds. The SMILES string of the molecule is CCCCC[C@@H]1CC(=O)C=C(O)[C@@H]1C(=O)OC. The number of unbranched alkanes of at least 4 members (excludes halogenated alkanes) is 2. The lowest BCUT2D eigenvalue weighted by Crippen LogP contribution is -2.32. The molecule has 1 N–H and O–H groups in total. The minimum absolute atomic E-state index is 0.107. The number of hydrogen-bond donors (Lipinski definition) is 1. The second kappa shape index (κ2) is 6.42. The monoisotopic (exact) mass is 240 g/mol. The van der Waals surface area contributed by atoms with Gasteiger partial charge in [0.1, 0.15) is 11.7 Å². The van der Waals surface area contributed by atoms with Crippen molar-refractivity contribution in [1.29, 1.82) is 0 Å². The third kappa shape index (κ3) is 3.58. The molecule has 0 unspecified atom stereocenters. The zero-order chi connectivity index (χ0) is 12.8. The van der Waals surface area contributed by atoms with Crippen LogP contribution in [-0.4, -0.2) is 24.0 Å². The summed E-state index contributed by atoms with van der Waals surface area (Å²) in [6.07, 6.45) is 5.38. The molecule has 0 bridgehead atoms. The van der Waals surface area contributed by atoms with Gasteiger partial charge < -0.3 is 9.84 Å². The average Bonchev–Trinajstić information content (AvgIpc) is 2.28. The van der Waals surface area contributed by atoms with E-state index >= 15 is 0 Å². The Bertz CT molecular complexity index is 319. The van der Waals surface area contributed by atoms with Crippen molar-refractivity contribution in [2.75, 3.05) is 7.11 Å². The summed E-state index contributed by atoms with van der Waals surface area (Å²) in [6.45, 7) is 2.10. The Kier molecular flexibility index (Phi) is 5.19. The molecule has 0 saturated carbocycles. The zero-order valence-electron chi connectivity index (χ0n) is 10.4. The van der Waals surface area contributed by atoms with Gasteiger partial charge in [0, 0.05) is 12.5 Å². The van der Waals surface area contributed by atoms with E-state index in [9.17, 15) is 14.7 Å². The van der Waals surface area contributed by atoms with Gasteiger partial charge >= 0.3 is 5.97 Å². The van der Waals surface area contributed by atoms with Crippen LogP contribution < -0.4 is 0 Å². The van der Waals surface area contributed by atoms with E-state index in [2.05, 4.69) is 11.7 Å². The highest BCUT2D eigenvalue weighted by Gasteiger charge is 2.37. The van der Waals surface area contributed by atoms with Gasteiger partial charge in [-0.25, -0.2) is 0 Å². The normalized spacial score (nSPS) is 24.4. The lowest BCUT2D eigenvalue weighted by Gasteiger charge is -2.27. The number of ketones is 1. The van der Waals surface area contributed by atoms with E-state index < -0.39 is 11.9 Å². The predicted molar refractivity (Wildman–Crippen MR) is 63.5 cm³/mol. The van der Waals surface area contributed by atoms with Crippen LogP contribution in [0.25, 0.3) is 0 Å². The van der Waals surface area contributed by atoms with Gasteiger partial charge in [-0.15, -0.1) is 0 Å². The van der Waals surface area contributed by atoms with Gasteiger partial charge in [-0.1, -0.05) is 26.2 Å². The number of carbonyl (C=O) groups is 2. The van der Waals surface area contributed by atoms with E-state index in [4.69, 9.17) is 0 Å². The van der Waals surface area contributed by atoms with Crippen LogP contribution >= 0.6 is 0 Å². The molecule has 1 aliphatic rings. The summed E-state index contributed by atoms with van der Waals surface area (Å²) in [7, 11) is 1.30. The first-order valence-electron chi connectivity index (χ1n) is 6.11. The number of rotatable bonds is 5. The maximum Gasteiger partial charge on any atom is 0.316 e. The first kappa shape index (κ1) is 13.7. The third-order valence-corrected chi connectivity index (χ3v) is 3.20. The van der Waals surface area contributed by atoms with Crippen molar-refractivity contribution >= 4 is 11.8 Å². The lowest BCUT2D eigenvalue weighted by molar-refractivity contribution is -0.147. The molecule has 4 heteroatoms. The topological polar surface area (TPSA) is 63.6 Å². The Balaban J connectivity index is 2.74. The highest BCUT2D eigenvalue weighted by Crippen LogP contribution is 2.32. The summed E-state index contributed by atoms with van der Waals surface area (Å²) < 4.78 is 4.68. The Morgan fingerprint density at radius 3 is 2.82 bits per heavy atom. The maximum atomic E-state index is 11.6. The molecule has 0 fully saturated rings. The Morgan fingerprint density at radius 2 is 2.24 bits per heavy atom. The summed E-state index contributed by atoms with van der Waals surface area (Å²) in [4.78, 5) is 23.0. The fourth-order valence-electron chi connectivity index (χ4n) is 2.30. The summed E-state index contributed by atoms with van der Waals surface area (Å²) in [6, 6.07) is 0. The summed E-state index contributed by atoms with van der Waals surface area (Å²) in [5.41, 5.74) is 0. The highest BCUT2D eigenvalue weighted by molar-refractivity contribution is 5.93. The van der Waals surface area contributed by atoms with Crippen LogP contribution in [0.3, 0.4) is 0 Å². The molecule has 0 heterocycles. The number of aliphatic hydroxyl groups excluding tert-OH is 1. The van der Waals surface area contributed by atoms with Gasteiger partial charge in [-0.05, 0) is 12.3 Å². The van der Waals surface area contributed by atoms with Crippen molar-refractivity contribution in [2.24, 2.45) is 11.8 Å². The molecule has 0 aromatic rings. The van der Waals surface area contributed by atoms with E-state index in [0.717, 1.165) is 31.8 Å². The lowest BCUT2D eigenvalue weighted by atomic mass is 9.79. The van der Waals surface area contributed by atoms with Crippen LogP contribution in [0.4, 0.5) is 0 Å². The molecule has 0 aromatic carbocycles. The van der Waals surface area contributed by atoms with Crippen molar-refractivity contribution in [2.45, 2.75) is 39.0 Å². The van der Waals surface area contributed by atoms with Crippen LogP contribution in [0.5, 0.6) is 0 Å². The Labute approximate surface area is 102 Å². The van der Waals surface area contributed by atoms with Crippen molar-refractivity contribution in [3.8, 4) is 0 Å². The van der Waals surface area contributed by atoms with Crippen molar-refractivity contribution in [3.63, 3.8) is 0 Å². The van der Waals surface area contributed by atoms with Gasteiger partial charge in [-0.2, -0.15) is 0 Å². The van der Waals surface area contributed by atoms with Crippen LogP contribution in [0.2, 0.25) is 0 Å². The quantitative estimate of drug-likeness (QED) is 0.592. The fourth-order valence-corrected chi connectivity index (χ4v) is 2.30. The molecule has 4 nitrogen and oxygen atoms in total. The molecule has 17 heavy (non-hydrogen) atoms. The number of ether oxygens (including phenoxy) is 1. The van der Waals surface area contributed by atoms with E-state index in [1.54, 1.807) is 0 Å². The summed E-state index contributed by atoms with van der Waals surface area (Å²) in [5, 5.41) is 9.71. The van der Waals surface area contributed by atoms with Gasteiger partial charge in [0.15, 0.2) is 5.78 Å². The molecule has 2 atom stereocenters. The number of aliphatic hydroxyl groups is 1. The predicted octanol–water partition coefficient (Wildman–Crippen LogP) is 2.39. The van der Waals surface area contributed by atoms with Crippen molar-refractivity contribution in [1.82, 2.24) is 0 Å². The smallest absolute Gasteiger partial charge is 0.316 e. The second-order valence-corrected chi connectivity index (χ2v) is 4.50. The summed E-state index contributed by atoms with van der Waals surface area (Å²) >= 11 is 0. The first-order chi connectivity index (χ1) is 8.10. The van der Waals surface area contributed by atoms with E-state index in [0.29, 0.717) is 6.42 Å². The van der Waals surface area contributed by atoms with E-state index in [1.165, 1.54) is 7.11 Å². The Hall–Kier alpha value is -1.32. The van der Waals surface area contributed by atoms with E-state index in [1.807, 2.05) is 0 Å². The summed E-state index contributed by atoms with van der Waals surface area (Å²) in [5.74, 6) is -1.48. The maximum absolute atomic E-state index is 11.6. The standard InChI is InChI=1S/C13H20O4/c1-3-4-5-6-9-7-10(14)8-11(15)12(9)13(16)17-2/h8-9,12,15H,3-7H2,1-2H3/t9-,12-/m1/s1. The first-order valence-corrected chi connectivity index (χ1v) is 6.11. The van der Waals surface area contributed by atoms with Gasteiger partial charge in [0.2, 0.25) is 0 Å². The molecule has 1 aliphatic carbocycles. The fraction of sp³-hybridized carbons (Fsp3) is 0.692. The molecule has 0 aliphatic heterocycles. The van der Waals surface area contributed by atoms with Crippen LogP contribution in [0.15, 0.2) is 11.8 Å². The zero-order valence-corrected chi connectivity index (χ0v) is 10.4. The number of esters is 1. The van der Waals surface area contributed by atoms with Gasteiger partial charge in [0.05, 0.1) is 7.11 Å². The molecule has 1 rings (SSSR count). The largest absolute Gasteiger partial charge is 0.511 e. The van der Waals surface area contributed by atoms with Crippen molar-refractivity contribution in [3.05, 3.63) is 11.8 Å². The molecule has 0 aromatic heterocycles. The van der Waals surface area contributed by atoms with Crippen molar-refractivity contribution < 1.29 is 19.4 Å². The van der Waals surface area contributed by atoms with Gasteiger partial charge in [-0.3, -0.25) is 9.59 Å². The highest BCUT2D eigenvalue weighted by atomic mass is 16.5.